The number of hydrogen-bond donors (Lipinski definition) is 0. The van der Waals surface area contributed by atoms with Crippen molar-refractivity contribution in [1.82, 2.24) is 9.78 Å². The molecule has 5 heteroatoms. The molecule has 18 heavy (non-hydrogen) atoms. The minimum absolute atomic E-state index is 0.257. The van der Waals surface area contributed by atoms with Gasteiger partial charge >= 0.3 is 0 Å². The number of hydrogen-bond acceptors (Lipinski definition) is 4. The molecule has 0 atom stereocenters. The molecule has 5 nitrogen and oxygen atoms in total. The van der Waals surface area contributed by atoms with Crippen LogP contribution < -0.4 is 5.43 Å². The maximum atomic E-state index is 11.5. The average Bonchev–Trinajstić information content (AvgIpc) is 2.89. The molecule has 2 aromatic heterocycles. The first-order valence-corrected chi connectivity index (χ1v) is 5.26. The van der Waals surface area contributed by atoms with Crippen LogP contribution in [0, 0.1) is 11.3 Å². The van der Waals surface area contributed by atoms with Gasteiger partial charge in [-0.15, -0.1) is 0 Å². The molecule has 86 valence electrons. The molecule has 0 saturated carbocycles. The van der Waals surface area contributed by atoms with Crippen LogP contribution in [0.4, 0.5) is 0 Å². The van der Waals surface area contributed by atoms with Crippen molar-refractivity contribution in [2.24, 2.45) is 0 Å². The molecule has 0 fully saturated rings. The van der Waals surface area contributed by atoms with Crippen LogP contribution in [-0.4, -0.2) is 9.78 Å². The summed E-state index contributed by atoms with van der Waals surface area (Å²) in [6, 6.07) is 10.7. The van der Waals surface area contributed by atoms with Crippen molar-refractivity contribution in [3.63, 3.8) is 0 Å². The summed E-state index contributed by atoms with van der Waals surface area (Å²) in [5, 5.41) is 12.9. The van der Waals surface area contributed by atoms with Gasteiger partial charge in [0.2, 0.25) is 11.0 Å². The highest BCUT2D eigenvalue weighted by molar-refractivity contribution is 5.73. The van der Waals surface area contributed by atoms with E-state index in [0.29, 0.717) is 16.8 Å². The van der Waals surface area contributed by atoms with Gasteiger partial charge in [-0.05, 0) is 18.2 Å². The number of furan rings is 1. The second-order valence-electron chi connectivity index (χ2n) is 3.72. The van der Waals surface area contributed by atoms with E-state index in [2.05, 4.69) is 11.2 Å². The summed E-state index contributed by atoms with van der Waals surface area (Å²) in [4.78, 5) is 11.5. The van der Waals surface area contributed by atoms with Crippen LogP contribution in [0.2, 0.25) is 0 Å². The Morgan fingerprint density at radius 2 is 2.22 bits per heavy atom. The molecule has 0 N–H and O–H groups in total. The molecular formula is C13H7N3O2. The zero-order chi connectivity index (χ0) is 12.5. The third-order valence-corrected chi connectivity index (χ3v) is 2.61. The summed E-state index contributed by atoms with van der Waals surface area (Å²) in [6.45, 7) is 0. The van der Waals surface area contributed by atoms with Crippen molar-refractivity contribution in [1.29, 1.82) is 5.26 Å². The second-order valence-corrected chi connectivity index (χ2v) is 3.72. The highest BCUT2D eigenvalue weighted by Gasteiger charge is 2.08. The Morgan fingerprint density at radius 1 is 1.33 bits per heavy atom. The van der Waals surface area contributed by atoms with E-state index in [9.17, 15) is 4.79 Å². The summed E-state index contributed by atoms with van der Waals surface area (Å²) in [5.74, 6) is 0. The summed E-state index contributed by atoms with van der Waals surface area (Å²) in [7, 11) is 0. The summed E-state index contributed by atoms with van der Waals surface area (Å²) < 4.78 is 6.70. The number of aromatic nitrogens is 2. The molecule has 1 aromatic carbocycles. The van der Waals surface area contributed by atoms with Crippen molar-refractivity contribution in [2.45, 2.75) is 0 Å². The first kappa shape index (κ1) is 10.3. The minimum atomic E-state index is -0.261. The molecule has 0 aliphatic heterocycles. The van der Waals surface area contributed by atoms with Gasteiger partial charge in [0.15, 0.2) is 0 Å². The Labute approximate surface area is 102 Å². The predicted octanol–water partition coefficient (Wildman–Crippen LogP) is 1.85. The molecule has 3 rings (SSSR count). The van der Waals surface area contributed by atoms with Gasteiger partial charge in [-0.2, -0.15) is 10.4 Å². The number of benzene rings is 1. The fraction of sp³-hybridized carbons (Fsp3) is 0. The van der Waals surface area contributed by atoms with Gasteiger partial charge < -0.3 is 4.42 Å². The SMILES string of the molecule is N#Cc1cccc(-n2ncc(=O)c3occc32)c1. The van der Waals surface area contributed by atoms with Gasteiger partial charge in [-0.25, -0.2) is 4.68 Å². The third-order valence-electron chi connectivity index (χ3n) is 2.61. The highest BCUT2D eigenvalue weighted by Crippen LogP contribution is 2.16. The first-order chi connectivity index (χ1) is 8.79. The lowest BCUT2D eigenvalue weighted by Crippen LogP contribution is -2.09. The lowest BCUT2D eigenvalue weighted by molar-refractivity contribution is 0.610. The van der Waals surface area contributed by atoms with Crippen molar-refractivity contribution < 1.29 is 4.42 Å². The van der Waals surface area contributed by atoms with Crippen molar-refractivity contribution >= 4 is 11.1 Å². The van der Waals surface area contributed by atoms with Crippen LogP contribution in [0.5, 0.6) is 0 Å². The molecular weight excluding hydrogens is 230 g/mol. The maximum absolute atomic E-state index is 11.5. The Balaban J connectivity index is 2.32. The van der Waals surface area contributed by atoms with Crippen molar-refractivity contribution in [2.75, 3.05) is 0 Å². The van der Waals surface area contributed by atoms with Gasteiger partial charge in [0.1, 0.15) is 5.52 Å². The molecule has 0 amide bonds. The predicted molar refractivity (Wildman–Crippen MR) is 64.3 cm³/mol. The van der Waals surface area contributed by atoms with E-state index < -0.39 is 0 Å². The summed E-state index contributed by atoms with van der Waals surface area (Å²) in [6.07, 6.45) is 2.64. The monoisotopic (exact) mass is 237 g/mol. The second kappa shape index (κ2) is 3.86. The number of rotatable bonds is 1. The van der Waals surface area contributed by atoms with E-state index in [1.165, 1.54) is 12.5 Å². The lowest BCUT2D eigenvalue weighted by atomic mass is 10.2. The minimum Gasteiger partial charge on any atom is -0.458 e. The van der Waals surface area contributed by atoms with Gasteiger partial charge in [0, 0.05) is 6.07 Å². The summed E-state index contributed by atoms with van der Waals surface area (Å²) in [5.41, 5.74) is 1.82. The van der Waals surface area contributed by atoms with E-state index in [0.717, 1.165) is 0 Å². The zero-order valence-corrected chi connectivity index (χ0v) is 9.20. The van der Waals surface area contributed by atoms with Crippen LogP contribution in [0.25, 0.3) is 16.8 Å². The molecule has 0 bridgehead atoms. The zero-order valence-electron chi connectivity index (χ0n) is 9.20. The topological polar surface area (TPSA) is 71.8 Å². The fourth-order valence-electron chi connectivity index (χ4n) is 1.80. The largest absolute Gasteiger partial charge is 0.458 e. The fourth-order valence-corrected chi connectivity index (χ4v) is 1.80. The molecule has 0 unspecified atom stereocenters. The Morgan fingerprint density at radius 3 is 3.06 bits per heavy atom. The van der Waals surface area contributed by atoms with E-state index in [4.69, 9.17) is 9.68 Å². The maximum Gasteiger partial charge on any atom is 0.243 e. The number of nitriles is 1. The van der Waals surface area contributed by atoms with Crippen LogP contribution in [0.1, 0.15) is 5.56 Å². The van der Waals surface area contributed by atoms with Gasteiger partial charge in [0.05, 0.1) is 29.8 Å². The lowest BCUT2D eigenvalue weighted by Gasteiger charge is -2.05. The molecule has 2 heterocycles. The number of nitrogens with zero attached hydrogens (tertiary/aromatic N) is 3. The molecule has 3 aromatic rings. The molecule has 0 aliphatic carbocycles. The molecule has 0 spiro atoms. The van der Waals surface area contributed by atoms with Gasteiger partial charge in [-0.1, -0.05) is 6.07 Å². The summed E-state index contributed by atoms with van der Waals surface area (Å²) >= 11 is 0. The van der Waals surface area contributed by atoms with Crippen molar-refractivity contribution in [3.05, 3.63) is 58.6 Å². The third kappa shape index (κ3) is 1.48. The molecule has 0 aliphatic rings. The standard InChI is InChI=1S/C13H7N3O2/c14-7-9-2-1-3-10(6-9)16-11-4-5-18-13(11)12(17)8-15-16/h1-6,8H. The quantitative estimate of drug-likeness (QED) is 0.647. The van der Waals surface area contributed by atoms with E-state index in [1.54, 1.807) is 28.9 Å². The average molecular weight is 237 g/mol. The van der Waals surface area contributed by atoms with E-state index in [-0.39, 0.29) is 11.0 Å². The smallest absolute Gasteiger partial charge is 0.243 e. The Hall–Kier alpha value is -2.87. The van der Waals surface area contributed by atoms with Crippen LogP contribution in [-0.2, 0) is 0 Å². The Kier molecular flexibility index (Phi) is 2.21. The molecule has 0 radical (unpaired) electrons. The first-order valence-electron chi connectivity index (χ1n) is 5.26. The van der Waals surface area contributed by atoms with E-state index >= 15 is 0 Å². The van der Waals surface area contributed by atoms with Crippen molar-refractivity contribution in [3.8, 4) is 11.8 Å². The number of fused-ring (bicyclic) bond motifs is 1. The normalized spacial score (nSPS) is 10.4. The highest BCUT2D eigenvalue weighted by atomic mass is 16.3. The van der Waals surface area contributed by atoms with Gasteiger partial charge in [0.25, 0.3) is 0 Å². The van der Waals surface area contributed by atoms with Crippen LogP contribution in [0.15, 0.2) is 52.0 Å². The van der Waals surface area contributed by atoms with Gasteiger partial charge in [-0.3, -0.25) is 4.79 Å². The van der Waals surface area contributed by atoms with Crippen LogP contribution >= 0.6 is 0 Å². The molecule has 0 saturated heterocycles. The van der Waals surface area contributed by atoms with Crippen LogP contribution in [0.3, 0.4) is 0 Å². The van der Waals surface area contributed by atoms with E-state index in [1.807, 2.05) is 6.07 Å². The Bertz CT molecular complexity index is 824.